The summed E-state index contributed by atoms with van der Waals surface area (Å²) in [6.07, 6.45) is 3.10. The van der Waals surface area contributed by atoms with Crippen LogP contribution in [-0.4, -0.2) is 56.9 Å². The highest BCUT2D eigenvalue weighted by Crippen LogP contribution is 2.35. The summed E-state index contributed by atoms with van der Waals surface area (Å²) >= 11 is 0. The first kappa shape index (κ1) is 18.9. The minimum Gasteiger partial charge on any atom is -0.355 e. The second kappa shape index (κ2) is 6.85. The van der Waals surface area contributed by atoms with Crippen LogP contribution < -0.4 is 4.90 Å². The average Bonchev–Trinajstić information content (AvgIpc) is 3.02. The van der Waals surface area contributed by atoms with Gasteiger partial charge in [0.15, 0.2) is 5.82 Å². The Balaban J connectivity index is 1.62. The number of rotatable bonds is 3. The van der Waals surface area contributed by atoms with E-state index in [1.165, 1.54) is 0 Å². The molecule has 0 amide bonds. The van der Waals surface area contributed by atoms with Crippen LogP contribution in [0.25, 0.3) is 16.8 Å². The molecular formula is C22H30N6. The molecule has 1 saturated heterocycles. The first-order valence-electron chi connectivity index (χ1n) is 10.0. The number of aromatic nitrogens is 4. The van der Waals surface area contributed by atoms with E-state index in [0.29, 0.717) is 12.0 Å². The smallest absolute Gasteiger partial charge is 0.151 e. The Morgan fingerprint density at radius 1 is 1.14 bits per heavy atom. The average molecular weight is 379 g/mol. The number of piperidine rings is 1. The van der Waals surface area contributed by atoms with E-state index >= 15 is 0 Å². The van der Waals surface area contributed by atoms with Gasteiger partial charge in [0.1, 0.15) is 0 Å². The topological polar surface area (TPSA) is 49.6 Å². The molecule has 2 atom stereocenters. The maximum Gasteiger partial charge on any atom is 0.151 e. The van der Waals surface area contributed by atoms with Gasteiger partial charge in [-0.2, -0.15) is 5.10 Å². The maximum absolute atomic E-state index is 4.59. The van der Waals surface area contributed by atoms with E-state index in [2.05, 4.69) is 78.2 Å². The van der Waals surface area contributed by atoms with Crippen molar-refractivity contribution in [1.29, 1.82) is 0 Å². The fourth-order valence-corrected chi connectivity index (χ4v) is 4.46. The van der Waals surface area contributed by atoms with E-state index < -0.39 is 0 Å². The summed E-state index contributed by atoms with van der Waals surface area (Å²) in [5.41, 5.74) is 4.11. The highest BCUT2D eigenvalue weighted by molar-refractivity contribution is 5.80. The third kappa shape index (κ3) is 2.96. The lowest BCUT2D eigenvalue weighted by molar-refractivity contribution is 0.0391. The van der Waals surface area contributed by atoms with Gasteiger partial charge in [0, 0.05) is 31.4 Å². The Bertz CT molecular complexity index is 974. The van der Waals surface area contributed by atoms with Crippen LogP contribution in [0.3, 0.4) is 0 Å². The molecule has 28 heavy (non-hydrogen) atoms. The second-order valence-corrected chi connectivity index (χ2v) is 8.60. The van der Waals surface area contributed by atoms with E-state index in [-0.39, 0.29) is 5.54 Å². The summed E-state index contributed by atoms with van der Waals surface area (Å²) in [6.45, 7) is 10.1. The van der Waals surface area contributed by atoms with Gasteiger partial charge in [-0.1, -0.05) is 13.0 Å². The van der Waals surface area contributed by atoms with Crippen LogP contribution in [0.1, 0.15) is 32.9 Å². The third-order valence-corrected chi connectivity index (χ3v) is 6.92. The number of anilines is 1. The lowest BCUT2D eigenvalue weighted by Gasteiger charge is -2.51. The van der Waals surface area contributed by atoms with Gasteiger partial charge in [-0.25, -0.2) is 4.52 Å². The highest BCUT2D eigenvalue weighted by atomic mass is 15.3. The number of pyridine rings is 1. The molecule has 1 aliphatic rings. The molecule has 0 saturated carbocycles. The van der Waals surface area contributed by atoms with E-state index in [0.717, 1.165) is 41.3 Å². The molecule has 4 rings (SSSR count). The fraction of sp³-hybridized carbons (Fsp3) is 0.500. The van der Waals surface area contributed by atoms with Crippen LogP contribution in [0.15, 0.2) is 36.5 Å². The SMILES string of the molecule is Cc1nn2ccccc2c1-c1ccc(N(C)C2CCN(C)C(C)(C)C2C)nn1. The summed E-state index contributed by atoms with van der Waals surface area (Å²) in [4.78, 5) is 4.77. The van der Waals surface area contributed by atoms with Gasteiger partial charge in [0.25, 0.3) is 0 Å². The Morgan fingerprint density at radius 2 is 1.93 bits per heavy atom. The van der Waals surface area contributed by atoms with E-state index in [4.69, 9.17) is 0 Å². The number of hydrogen-bond acceptors (Lipinski definition) is 5. The van der Waals surface area contributed by atoms with Gasteiger partial charge in [-0.3, -0.25) is 0 Å². The summed E-state index contributed by atoms with van der Waals surface area (Å²) in [5.74, 6) is 1.45. The number of aryl methyl sites for hydroxylation is 1. The molecule has 3 aromatic rings. The van der Waals surface area contributed by atoms with Crippen LogP contribution in [-0.2, 0) is 0 Å². The predicted molar refractivity (Wildman–Crippen MR) is 114 cm³/mol. The van der Waals surface area contributed by atoms with Crippen molar-refractivity contribution < 1.29 is 0 Å². The molecule has 148 valence electrons. The van der Waals surface area contributed by atoms with Crippen molar-refractivity contribution in [3.8, 4) is 11.3 Å². The fourth-order valence-electron chi connectivity index (χ4n) is 4.46. The predicted octanol–water partition coefficient (Wildman–Crippen LogP) is 3.65. The van der Waals surface area contributed by atoms with Gasteiger partial charge in [0.2, 0.25) is 0 Å². The molecule has 0 N–H and O–H groups in total. The van der Waals surface area contributed by atoms with Crippen molar-refractivity contribution in [2.24, 2.45) is 5.92 Å². The molecular weight excluding hydrogens is 348 g/mol. The van der Waals surface area contributed by atoms with Crippen molar-refractivity contribution >= 4 is 11.3 Å². The monoisotopic (exact) mass is 378 g/mol. The van der Waals surface area contributed by atoms with Gasteiger partial charge < -0.3 is 9.80 Å². The zero-order chi connectivity index (χ0) is 20.1. The number of likely N-dealkylation sites (tertiary alicyclic amines) is 1. The van der Waals surface area contributed by atoms with Crippen LogP contribution in [0.4, 0.5) is 5.82 Å². The van der Waals surface area contributed by atoms with Crippen LogP contribution in [0.5, 0.6) is 0 Å². The molecule has 0 bridgehead atoms. The molecule has 3 aromatic heterocycles. The van der Waals surface area contributed by atoms with Crippen molar-refractivity contribution in [3.63, 3.8) is 0 Å². The Morgan fingerprint density at radius 3 is 2.64 bits per heavy atom. The Kier molecular flexibility index (Phi) is 4.62. The second-order valence-electron chi connectivity index (χ2n) is 8.60. The van der Waals surface area contributed by atoms with Crippen molar-refractivity contribution in [2.75, 3.05) is 25.5 Å². The van der Waals surface area contributed by atoms with E-state index in [1.807, 2.05) is 29.8 Å². The normalized spacial score (nSPS) is 22.5. The standard InChI is InChI=1S/C22H30N6/c1-15-18(12-14-26(5)22(15,3)4)27(6)20-11-10-17(23-24-20)21-16(2)25-28-13-8-7-9-19(21)28/h7-11,13,15,18H,12,14H2,1-6H3. The molecule has 6 nitrogen and oxygen atoms in total. The lowest BCUT2D eigenvalue weighted by atomic mass is 9.77. The van der Waals surface area contributed by atoms with Crippen LogP contribution in [0.2, 0.25) is 0 Å². The summed E-state index contributed by atoms with van der Waals surface area (Å²) in [7, 11) is 4.37. The summed E-state index contributed by atoms with van der Waals surface area (Å²) < 4.78 is 1.90. The number of nitrogens with zero attached hydrogens (tertiary/aromatic N) is 6. The number of hydrogen-bond donors (Lipinski definition) is 0. The molecule has 0 aliphatic carbocycles. The molecule has 4 heterocycles. The van der Waals surface area contributed by atoms with Gasteiger partial charge in [-0.15, -0.1) is 10.2 Å². The molecule has 1 fully saturated rings. The maximum atomic E-state index is 4.59. The van der Waals surface area contributed by atoms with Crippen molar-refractivity contribution in [1.82, 2.24) is 24.7 Å². The van der Waals surface area contributed by atoms with Gasteiger partial charge in [0.05, 0.1) is 22.5 Å². The molecule has 0 radical (unpaired) electrons. The largest absolute Gasteiger partial charge is 0.355 e. The first-order valence-corrected chi connectivity index (χ1v) is 10.0. The summed E-state index contributed by atoms with van der Waals surface area (Å²) in [5, 5.41) is 13.7. The quantitative estimate of drug-likeness (QED) is 0.696. The minimum absolute atomic E-state index is 0.165. The van der Waals surface area contributed by atoms with E-state index in [1.54, 1.807) is 0 Å². The van der Waals surface area contributed by atoms with Crippen LogP contribution in [0, 0.1) is 12.8 Å². The molecule has 6 heteroatoms. The third-order valence-electron chi connectivity index (χ3n) is 6.92. The van der Waals surface area contributed by atoms with E-state index in [9.17, 15) is 0 Å². The van der Waals surface area contributed by atoms with Gasteiger partial charge >= 0.3 is 0 Å². The highest BCUT2D eigenvalue weighted by Gasteiger charge is 2.41. The zero-order valence-electron chi connectivity index (χ0n) is 17.7. The summed E-state index contributed by atoms with van der Waals surface area (Å²) in [6, 6.07) is 10.7. The minimum atomic E-state index is 0.165. The Hall–Kier alpha value is -2.47. The molecule has 1 aliphatic heterocycles. The lowest BCUT2D eigenvalue weighted by Crippen LogP contribution is -2.59. The van der Waals surface area contributed by atoms with Gasteiger partial charge in [-0.05, 0) is 64.4 Å². The van der Waals surface area contributed by atoms with Crippen molar-refractivity contribution in [3.05, 3.63) is 42.2 Å². The zero-order valence-corrected chi connectivity index (χ0v) is 17.7. The number of fused-ring (bicyclic) bond motifs is 1. The molecule has 0 aromatic carbocycles. The molecule has 0 spiro atoms. The van der Waals surface area contributed by atoms with Crippen molar-refractivity contribution in [2.45, 2.75) is 45.7 Å². The Labute approximate surface area is 167 Å². The first-order chi connectivity index (χ1) is 13.3. The van der Waals surface area contributed by atoms with Crippen LogP contribution >= 0.6 is 0 Å². The molecule has 2 unspecified atom stereocenters.